The minimum absolute atomic E-state index is 0.108. The van der Waals surface area contributed by atoms with Gasteiger partial charge in [0.1, 0.15) is 0 Å². The maximum atomic E-state index is 13.1. The van der Waals surface area contributed by atoms with Gasteiger partial charge in [0.2, 0.25) is 5.91 Å². The zero-order valence-corrected chi connectivity index (χ0v) is 18.3. The number of nitrogens with one attached hydrogen (secondary N) is 1. The maximum absolute atomic E-state index is 13.1. The van der Waals surface area contributed by atoms with Crippen molar-refractivity contribution in [2.75, 3.05) is 19.1 Å². The lowest BCUT2D eigenvalue weighted by Gasteiger charge is -2.25. The van der Waals surface area contributed by atoms with Crippen molar-refractivity contribution in [2.45, 2.75) is 25.9 Å². The van der Waals surface area contributed by atoms with Crippen LogP contribution in [0.25, 0.3) is 0 Å². The number of aryl methyl sites for hydroxylation is 1. The summed E-state index contributed by atoms with van der Waals surface area (Å²) >= 11 is 0. The van der Waals surface area contributed by atoms with E-state index in [1.807, 2.05) is 43.3 Å². The quantitative estimate of drug-likeness (QED) is 0.615. The van der Waals surface area contributed by atoms with Gasteiger partial charge in [-0.1, -0.05) is 18.2 Å². The molecule has 0 aliphatic carbocycles. The van der Waals surface area contributed by atoms with E-state index in [0.29, 0.717) is 29.3 Å². The second-order valence-corrected chi connectivity index (χ2v) is 7.64. The number of methoxy groups -OCH3 is 2. The van der Waals surface area contributed by atoms with Gasteiger partial charge in [-0.3, -0.25) is 19.5 Å². The number of nitrogens with zero attached hydrogens (tertiary/aromatic N) is 2. The summed E-state index contributed by atoms with van der Waals surface area (Å²) in [5, 5.41) is 2.94. The van der Waals surface area contributed by atoms with Crippen LogP contribution in [-0.4, -0.2) is 31.0 Å². The largest absolute Gasteiger partial charge is 0.493 e. The summed E-state index contributed by atoms with van der Waals surface area (Å²) in [4.78, 5) is 32.1. The highest BCUT2D eigenvalue weighted by Crippen LogP contribution is 2.38. The summed E-state index contributed by atoms with van der Waals surface area (Å²) in [7, 11) is 3.15. The summed E-state index contributed by atoms with van der Waals surface area (Å²) in [6.07, 6.45) is 1.76. The molecule has 1 atom stereocenters. The second-order valence-electron chi connectivity index (χ2n) is 7.64. The number of ether oxygens (including phenoxy) is 2. The zero-order valence-electron chi connectivity index (χ0n) is 18.3. The van der Waals surface area contributed by atoms with E-state index >= 15 is 0 Å². The average Bonchev–Trinajstić information content (AvgIpc) is 3.09. The van der Waals surface area contributed by atoms with E-state index in [1.165, 1.54) is 0 Å². The zero-order chi connectivity index (χ0) is 22.7. The summed E-state index contributed by atoms with van der Waals surface area (Å²) < 4.78 is 10.6. The fourth-order valence-electron chi connectivity index (χ4n) is 3.96. The Labute approximate surface area is 187 Å². The topological polar surface area (TPSA) is 80.8 Å². The van der Waals surface area contributed by atoms with Crippen molar-refractivity contribution < 1.29 is 19.1 Å². The number of amides is 2. The number of rotatable bonds is 7. The molecule has 0 saturated heterocycles. The van der Waals surface area contributed by atoms with Gasteiger partial charge in [0.05, 0.1) is 37.9 Å². The molecule has 7 nitrogen and oxygen atoms in total. The van der Waals surface area contributed by atoms with Crippen molar-refractivity contribution >= 4 is 17.5 Å². The molecule has 0 saturated carbocycles. The molecule has 0 fully saturated rings. The molecule has 3 aromatic rings. The third-order valence-electron chi connectivity index (χ3n) is 5.51. The SMILES string of the molecule is COc1ccc(CNC(=O)CC2c3ncccc3C(=O)N2c2cccc(C)c2)cc1OC. The van der Waals surface area contributed by atoms with Gasteiger partial charge in [-0.2, -0.15) is 0 Å². The molecule has 1 aromatic heterocycles. The van der Waals surface area contributed by atoms with Gasteiger partial charge in [-0.25, -0.2) is 0 Å². The van der Waals surface area contributed by atoms with E-state index in [9.17, 15) is 9.59 Å². The summed E-state index contributed by atoms with van der Waals surface area (Å²) in [6.45, 7) is 2.31. The molecule has 2 amide bonds. The number of benzene rings is 2. The molecule has 0 spiro atoms. The van der Waals surface area contributed by atoms with Crippen molar-refractivity contribution in [3.63, 3.8) is 0 Å². The maximum Gasteiger partial charge on any atom is 0.260 e. The number of fused-ring (bicyclic) bond motifs is 1. The number of hydrogen-bond acceptors (Lipinski definition) is 5. The third kappa shape index (κ3) is 4.14. The molecule has 4 rings (SSSR count). The number of aromatic nitrogens is 1. The lowest BCUT2D eigenvalue weighted by atomic mass is 10.1. The van der Waals surface area contributed by atoms with Crippen LogP contribution in [0.4, 0.5) is 5.69 Å². The van der Waals surface area contributed by atoms with Crippen LogP contribution in [0.1, 0.15) is 39.6 Å². The van der Waals surface area contributed by atoms with E-state index < -0.39 is 6.04 Å². The fraction of sp³-hybridized carbons (Fsp3) is 0.240. The Morgan fingerprint density at radius 1 is 1.06 bits per heavy atom. The Balaban J connectivity index is 1.53. The molecule has 0 bridgehead atoms. The third-order valence-corrected chi connectivity index (χ3v) is 5.51. The minimum Gasteiger partial charge on any atom is -0.493 e. The number of anilines is 1. The average molecular weight is 431 g/mol. The van der Waals surface area contributed by atoms with Gasteiger partial charge >= 0.3 is 0 Å². The number of carbonyl (C=O) groups excluding carboxylic acids is 2. The standard InChI is InChI=1S/C25H25N3O4/c1-16-6-4-7-18(12-16)28-20(24-19(25(28)30)8-5-11-26-24)14-23(29)27-15-17-9-10-21(31-2)22(13-17)32-3/h4-13,20H,14-15H2,1-3H3,(H,27,29). The predicted octanol–water partition coefficient (Wildman–Crippen LogP) is 3.82. The van der Waals surface area contributed by atoms with Crippen LogP contribution in [0.3, 0.4) is 0 Å². The molecule has 2 aromatic carbocycles. The highest BCUT2D eigenvalue weighted by Gasteiger charge is 2.39. The van der Waals surface area contributed by atoms with Gasteiger partial charge in [-0.05, 0) is 54.4 Å². The smallest absolute Gasteiger partial charge is 0.260 e. The molecule has 1 aliphatic heterocycles. The molecule has 2 heterocycles. The molecule has 7 heteroatoms. The van der Waals surface area contributed by atoms with E-state index in [-0.39, 0.29) is 18.2 Å². The van der Waals surface area contributed by atoms with Crippen LogP contribution in [0.15, 0.2) is 60.8 Å². The number of carbonyl (C=O) groups is 2. The Kier molecular flexibility index (Phi) is 6.07. The molecule has 1 unspecified atom stereocenters. The molecule has 0 radical (unpaired) electrons. The highest BCUT2D eigenvalue weighted by atomic mass is 16.5. The fourth-order valence-corrected chi connectivity index (χ4v) is 3.96. The molecule has 1 aliphatic rings. The Morgan fingerprint density at radius 2 is 1.88 bits per heavy atom. The molecular formula is C25H25N3O4. The van der Waals surface area contributed by atoms with Gasteiger partial charge in [0.25, 0.3) is 5.91 Å². The van der Waals surface area contributed by atoms with E-state index in [2.05, 4.69) is 10.3 Å². The van der Waals surface area contributed by atoms with Crippen molar-refractivity contribution in [1.82, 2.24) is 10.3 Å². The van der Waals surface area contributed by atoms with Crippen LogP contribution >= 0.6 is 0 Å². The van der Waals surface area contributed by atoms with Crippen molar-refractivity contribution in [3.05, 3.63) is 83.2 Å². The van der Waals surface area contributed by atoms with E-state index in [1.54, 1.807) is 43.5 Å². The van der Waals surface area contributed by atoms with Crippen molar-refractivity contribution in [1.29, 1.82) is 0 Å². The second kappa shape index (κ2) is 9.09. The van der Waals surface area contributed by atoms with Crippen molar-refractivity contribution in [3.8, 4) is 11.5 Å². The molecule has 164 valence electrons. The van der Waals surface area contributed by atoms with Crippen LogP contribution in [0.2, 0.25) is 0 Å². The van der Waals surface area contributed by atoms with Crippen LogP contribution in [0.5, 0.6) is 11.5 Å². The van der Waals surface area contributed by atoms with E-state index in [0.717, 1.165) is 16.8 Å². The van der Waals surface area contributed by atoms with Gasteiger partial charge in [-0.15, -0.1) is 0 Å². The lowest BCUT2D eigenvalue weighted by molar-refractivity contribution is -0.121. The monoisotopic (exact) mass is 431 g/mol. The Morgan fingerprint density at radius 3 is 2.62 bits per heavy atom. The normalized spacial score (nSPS) is 14.8. The first-order valence-corrected chi connectivity index (χ1v) is 10.3. The first-order valence-electron chi connectivity index (χ1n) is 10.3. The lowest BCUT2D eigenvalue weighted by Crippen LogP contribution is -2.33. The number of hydrogen-bond donors (Lipinski definition) is 1. The summed E-state index contributed by atoms with van der Waals surface area (Å²) in [5.74, 6) is 0.915. The Bertz CT molecular complexity index is 1160. The van der Waals surface area contributed by atoms with Gasteiger partial charge in [0.15, 0.2) is 11.5 Å². The molecular weight excluding hydrogens is 406 g/mol. The van der Waals surface area contributed by atoms with Crippen LogP contribution in [-0.2, 0) is 11.3 Å². The molecule has 1 N–H and O–H groups in total. The minimum atomic E-state index is -0.467. The molecule has 32 heavy (non-hydrogen) atoms. The predicted molar refractivity (Wildman–Crippen MR) is 121 cm³/mol. The van der Waals surface area contributed by atoms with E-state index in [4.69, 9.17) is 9.47 Å². The van der Waals surface area contributed by atoms with Crippen LogP contribution < -0.4 is 19.7 Å². The van der Waals surface area contributed by atoms with Gasteiger partial charge in [0, 0.05) is 18.4 Å². The first-order chi connectivity index (χ1) is 15.5. The van der Waals surface area contributed by atoms with Gasteiger partial charge < -0.3 is 14.8 Å². The van der Waals surface area contributed by atoms with Crippen molar-refractivity contribution in [2.24, 2.45) is 0 Å². The first kappa shape index (κ1) is 21.4. The van der Waals surface area contributed by atoms with Crippen LogP contribution in [0, 0.1) is 6.92 Å². The highest BCUT2D eigenvalue weighted by molar-refractivity contribution is 6.11. The summed E-state index contributed by atoms with van der Waals surface area (Å²) in [5.41, 5.74) is 3.83. The summed E-state index contributed by atoms with van der Waals surface area (Å²) in [6, 6.07) is 16.2. The Hall–Kier alpha value is -3.87. The number of pyridine rings is 1.